The third-order valence-corrected chi connectivity index (χ3v) is 6.07. The highest BCUT2D eigenvalue weighted by atomic mass is 32.1. The maximum absolute atomic E-state index is 13.0. The number of fused-ring (bicyclic) bond motifs is 1. The quantitative estimate of drug-likeness (QED) is 0.534. The number of benzene rings is 1. The van der Waals surface area contributed by atoms with Crippen molar-refractivity contribution in [3.05, 3.63) is 74.7 Å². The maximum atomic E-state index is 13.0. The van der Waals surface area contributed by atoms with Gasteiger partial charge in [0.25, 0.3) is 0 Å². The number of hydrogen-bond acceptors (Lipinski definition) is 7. The van der Waals surface area contributed by atoms with Gasteiger partial charge in [0, 0.05) is 16.0 Å². The number of aryl methyl sites for hydroxylation is 2. The molecule has 0 fully saturated rings. The van der Waals surface area contributed by atoms with Gasteiger partial charge in [-0.2, -0.15) is 0 Å². The first-order valence-electron chi connectivity index (χ1n) is 10.4. The summed E-state index contributed by atoms with van der Waals surface area (Å²) >= 11 is 1.40. The van der Waals surface area contributed by atoms with Crippen LogP contribution in [0.4, 0.5) is 4.79 Å². The first-order chi connectivity index (χ1) is 15.9. The summed E-state index contributed by atoms with van der Waals surface area (Å²) in [5, 5.41) is 7.88. The maximum Gasteiger partial charge on any atom is 0.339 e. The van der Waals surface area contributed by atoms with E-state index < -0.39 is 24.0 Å². The van der Waals surface area contributed by atoms with Crippen molar-refractivity contribution in [1.82, 2.24) is 15.6 Å². The molecule has 170 valence electrons. The fourth-order valence-electron chi connectivity index (χ4n) is 3.71. The molecule has 0 aliphatic carbocycles. The number of ether oxygens (including phenoxy) is 2. The topological polar surface area (TPSA) is 107 Å². The van der Waals surface area contributed by atoms with E-state index in [0.29, 0.717) is 22.2 Å². The van der Waals surface area contributed by atoms with Gasteiger partial charge in [-0.1, -0.05) is 17.7 Å². The van der Waals surface area contributed by atoms with Gasteiger partial charge in [0.05, 0.1) is 35.0 Å². The molecule has 1 aliphatic heterocycles. The number of amides is 2. The molecule has 3 heterocycles. The summed E-state index contributed by atoms with van der Waals surface area (Å²) in [5.74, 6) is -1.16. The number of aromatic nitrogens is 1. The number of thiophene rings is 1. The van der Waals surface area contributed by atoms with E-state index in [9.17, 15) is 14.4 Å². The van der Waals surface area contributed by atoms with Crippen LogP contribution in [-0.4, -0.2) is 36.2 Å². The van der Waals surface area contributed by atoms with Crippen molar-refractivity contribution >= 4 is 40.2 Å². The number of urea groups is 1. The molecular weight excluding hydrogens is 442 g/mol. The van der Waals surface area contributed by atoms with Crippen LogP contribution in [0, 0.1) is 13.8 Å². The fraction of sp³-hybridized carbons (Fsp3) is 0.250. The van der Waals surface area contributed by atoms with E-state index >= 15 is 0 Å². The van der Waals surface area contributed by atoms with Crippen molar-refractivity contribution < 1.29 is 23.9 Å². The Hall–Kier alpha value is -3.72. The van der Waals surface area contributed by atoms with Crippen molar-refractivity contribution in [2.75, 3.05) is 13.2 Å². The van der Waals surface area contributed by atoms with Gasteiger partial charge in [0.1, 0.15) is 6.61 Å². The van der Waals surface area contributed by atoms with Gasteiger partial charge >= 0.3 is 18.0 Å². The standard InChI is InChI=1S/C24H23N3O5S/c1-4-31-23(29)20-18(26-24(30)27-21(20)19-6-5-9-33-19)12-32-22(28)16-11-14(3)25-17-8-7-13(2)10-15(16)17/h5-11,21H,4,12H2,1-3H3,(H2,26,27,30)/t21-/m0/s1. The lowest BCUT2D eigenvalue weighted by molar-refractivity contribution is -0.139. The number of esters is 2. The molecule has 8 nitrogen and oxygen atoms in total. The monoisotopic (exact) mass is 465 g/mol. The van der Waals surface area contributed by atoms with Crippen molar-refractivity contribution in [3.63, 3.8) is 0 Å². The Labute approximate surface area is 194 Å². The lowest BCUT2D eigenvalue weighted by Crippen LogP contribution is -2.46. The van der Waals surface area contributed by atoms with E-state index in [1.807, 2.05) is 42.6 Å². The molecule has 1 aromatic carbocycles. The van der Waals surface area contributed by atoms with Gasteiger partial charge in [0.2, 0.25) is 0 Å². The molecule has 1 aliphatic rings. The van der Waals surface area contributed by atoms with Gasteiger partial charge in [0.15, 0.2) is 0 Å². The summed E-state index contributed by atoms with van der Waals surface area (Å²) < 4.78 is 10.8. The summed E-state index contributed by atoms with van der Waals surface area (Å²) in [7, 11) is 0. The number of nitrogens with zero attached hydrogens (tertiary/aromatic N) is 1. The Morgan fingerprint density at radius 2 is 1.94 bits per heavy atom. The van der Waals surface area contributed by atoms with Crippen LogP contribution in [0.5, 0.6) is 0 Å². The minimum absolute atomic E-state index is 0.169. The number of hydrogen-bond donors (Lipinski definition) is 2. The van der Waals surface area contributed by atoms with Crippen LogP contribution < -0.4 is 10.6 Å². The summed E-state index contributed by atoms with van der Waals surface area (Å²) in [6.45, 7) is 5.31. The average molecular weight is 466 g/mol. The second kappa shape index (κ2) is 9.41. The van der Waals surface area contributed by atoms with Crippen LogP contribution >= 0.6 is 11.3 Å². The molecule has 1 atom stereocenters. The number of nitrogens with one attached hydrogen (secondary N) is 2. The molecule has 9 heteroatoms. The molecule has 33 heavy (non-hydrogen) atoms. The number of carbonyl (C=O) groups is 3. The highest BCUT2D eigenvalue weighted by Crippen LogP contribution is 2.31. The van der Waals surface area contributed by atoms with Gasteiger partial charge < -0.3 is 20.1 Å². The highest BCUT2D eigenvalue weighted by molar-refractivity contribution is 7.10. The summed E-state index contributed by atoms with van der Waals surface area (Å²) in [6.07, 6.45) is 0. The molecule has 0 unspecified atom stereocenters. The molecular formula is C24H23N3O5S. The average Bonchev–Trinajstić information content (AvgIpc) is 3.31. The first kappa shape index (κ1) is 22.5. The molecule has 0 saturated heterocycles. The molecule has 0 saturated carbocycles. The van der Waals surface area contributed by atoms with Crippen molar-refractivity contribution in [1.29, 1.82) is 0 Å². The molecule has 2 N–H and O–H groups in total. The molecule has 3 aromatic rings. The highest BCUT2D eigenvalue weighted by Gasteiger charge is 2.34. The van der Waals surface area contributed by atoms with Crippen molar-refractivity contribution in [2.45, 2.75) is 26.8 Å². The second-order valence-electron chi connectivity index (χ2n) is 7.57. The summed E-state index contributed by atoms with van der Waals surface area (Å²) in [6, 6.07) is 9.78. The van der Waals surface area contributed by atoms with Gasteiger partial charge in [-0.05, 0) is 50.4 Å². The van der Waals surface area contributed by atoms with Crippen LogP contribution in [-0.2, 0) is 14.3 Å². The van der Waals surface area contributed by atoms with Gasteiger partial charge in [-0.25, -0.2) is 14.4 Å². The van der Waals surface area contributed by atoms with Gasteiger partial charge in [-0.15, -0.1) is 11.3 Å². The van der Waals surface area contributed by atoms with E-state index in [1.54, 1.807) is 19.9 Å². The zero-order valence-electron chi connectivity index (χ0n) is 18.4. The summed E-state index contributed by atoms with van der Waals surface area (Å²) in [4.78, 5) is 43.4. The molecule has 0 radical (unpaired) electrons. The van der Waals surface area contributed by atoms with Crippen molar-refractivity contribution in [2.24, 2.45) is 0 Å². The second-order valence-corrected chi connectivity index (χ2v) is 8.55. The normalized spacial score (nSPS) is 15.7. The largest absolute Gasteiger partial charge is 0.463 e. The molecule has 4 rings (SSSR count). The lowest BCUT2D eigenvalue weighted by Gasteiger charge is -2.28. The minimum Gasteiger partial charge on any atom is -0.463 e. The van der Waals surface area contributed by atoms with Gasteiger partial charge in [-0.3, -0.25) is 4.98 Å². The third kappa shape index (κ3) is 4.73. The predicted octanol–water partition coefficient (Wildman–Crippen LogP) is 3.94. The Morgan fingerprint density at radius 1 is 1.12 bits per heavy atom. The number of rotatable bonds is 6. The lowest BCUT2D eigenvalue weighted by atomic mass is 10.0. The van der Waals surface area contributed by atoms with E-state index in [0.717, 1.165) is 10.4 Å². The van der Waals surface area contributed by atoms with E-state index in [2.05, 4.69) is 15.6 Å². The SMILES string of the molecule is CCOC(=O)C1=C(COC(=O)c2cc(C)nc3ccc(C)cc23)NC(=O)N[C@H]1c1cccs1. The van der Waals surface area contributed by atoms with Crippen molar-refractivity contribution in [3.8, 4) is 0 Å². The van der Waals surface area contributed by atoms with Crippen LogP contribution in [0.3, 0.4) is 0 Å². The van der Waals surface area contributed by atoms with E-state index in [-0.39, 0.29) is 24.5 Å². The molecule has 0 spiro atoms. The Kier molecular flexibility index (Phi) is 6.41. The minimum atomic E-state index is -0.696. The van der Waals surface area contributed by atoms with Crippen LogP contribution in [0.25, 0.3) is 10.9 Å². The number of carbonyl (C=O) groups excluding carboxylic acids is 3. The first-order valence-corrected chi connectivity index (χ1v) is 11.3. The van der Waals surface area contributed by atoms with Crippen LogP contribution in [0.1, 0.15) is 39.5 Å². The van der Waals surface area contributed by atoms with Crippen LogP contribution in [0.15, 0.2) is 53.0 Å². The van der Waals surface area contributed by atoms with E-state index in [1.165, 1.54) is 11.3 Å². The van der Waals surface area contributed by atoms with E-state index in [4.69, 9.17) is 9.47 Å². The smallest absolute Gasteiger partial charge is 0.339 e. The van der Waals surface area contributed by atoms with Crippen LogP contribution in [0.2, 0.25) is 0 Å². The summed E-state index contributed by atoms with van der Waals surface area (Å²) in [5.41, 5.74) is 3.12. The predicted molar refractivity (Wildman–Crippen MR) is 124 cm³/mol. The Bertz CT molecular complexity index is 1270. The molecule has 2 amide bonds. The zero-order chi connectivity index (χ0) is 23.5. The molecule has 0 bridgehead atoms. The third-order valence-electron chi connectivity index (χ3n) is 5.14. The Balaban J connectivity index is 1.67. The zero-order valence-corrected chi connectivity index (χ0v) is 19.2. The fourth-order valence-corrected chi connectivity index (χ4v) is 4.49. The Morgan fingerprint density at radius 3 is 2.67 bits per heavy atom. The number of pyridine rings is 1. The molecule has 2 aromatic heterocycles.